The molecular formula is C22H30N2O. The van der Waals surface area contributed by atoms with Crippen LogP contribution in [0.25, 0.3) is 0 Å². The summed E-state index contributed by atoms with van der Waals surface area (Å²) in [6.45, 7) is 3.11. The largest absolute Gasteiger partial charge is 0.352 e. The van der Waals surface area contributed by atoms with E-state index in [9.17, 15) is 4.79 Å². The SMILES string of the molecule is O=C(N[C@@H]1CCN(Cc2ccccc2)C1)C12CC3CC(CC(C3)C1)C2. The van der Waals surface area contributed by atoms with Gasteiger partial charge in [-0.05, 0) is 68.3 Å². The summed E-state index contributed by atoms with van der Waals surface area (Å²) in [6.07, 6.45) is 8.83. The molecular weight excluding hydrogens is 308 g/mol. The maximum Gasteiger partial charge on any atom is 0.226 e. The minimum absolute atomic E-state index is 0.00159. The summed E-state index contributed by atoms with van der Waals surface area (Å²) < 4.78 is 0. The van der Waals surface area contributed by atoms with E-state index in [1.807, 2.05) is 0 Å². The van der Waals surface area contributed by atoms with Crippen LogP contribution in [0.5, 0.6) is 0 Å². The summed E-state index contributed by atoms with van der Waals surface area (Å²) in [4.78, 5) is 15.7. The predicted octanol–water partition coefficient (Wildman–Crippen LogP) is 3.59. The van der Waals surface area contributed by atoms with Gasteiger partial charge in [-0.2, -0.15) is 0 Å². The molecule has 4 saturated carbocycles. The van der Waals surface area contributed by atoms with Crippen LogP contribution < -0.4 is 5.32 Å². The molecule has 5 fully saturated rings. The summed E-state index contributed by atoms with van der Waals surface area (Å²) in [6, 6.07) is 11.0. The van der Waals surface area contributed by atoms with Crippen LogP contribution in [0, 0.1) is 23.2 Å². The van der Waals surface area contributed by atoms with Crippen LogP contribution >= 0.6 is 0 Å². The maximum atomic E-state index is 13.2. The lowest BCUT2D eigenvalue weighted by molar-refractivity contribution is -0.146. The number of rotatable bonds is 4. The van der Waals surface area contributed by atoms with Crippen LogP contribution in [-0.4, -0.2) is 29.9 Å². The Bertz CT molecular complexity index is 605. The summed E-state index contributed by atoms with van der Waals surface area (Å²) in [5.41, 5.74) is 1.37. The first-order chi connectivity index (χ1) is 12.2. The molecule has 3 heteroatoms. The number of carbonyl (C=O) groups is 1. The standard InChI is InChI=1S/C22H30N2O/c25-21(22-11-17-8-18(12-22)10-19(9-17)13-22)23-20-6-7-24(15-20)14-16-4-2-1-3-5-16/h1-5,17-20H,6-15H2,(H,23,25)/t17?,18?,19?,20-,22?/m1/s1. The van der Waals surface area contributed by atoms with Crippen molar-refractivity contribution in [1.29, 1.82) is 0 Å². The van der Waals surface area contributed by atoms with Crippen LogP contribution in [0.15, 0.2) is 30.3 Å². The lowest BCUT2D eigenvalue weighted by atomic mass is 9.49. The number of amides is 1. The molecule has 0 spiro atoms. The van der Waals surface area contributed by atoms with Crippen LogP contribution in [0.3, 0.4) is 0 Å². The van der Waals surface area contributed by atoms with Gasteiger partial charge in [-0.1, -0.05) is 30.3 Å². The minimum Gasteiger partial charge on any atom is -0.352 e. The third-order valence-corrected chi connectivity index (χ3v) is 7.38. The van der Waals surface area contributed by atoms with E-state index in [0.29, 0.717) is 11.9 Å². The first-order valence-electron chi connectivity index (χ1n) is 10.3. The van der Waals surface area contributed by atoms with E-state index in [1.165, 1.54) is 44.1 Å². The number of nitrogens with one attached hydrogen (secondary N) is 1. The molecule has 0 radical (unpaired) electrons. The number of nitrogens with zero attached hydrogens (tertiary/aromatic N) is 1. The second kappa shape index (κ2) is 6.12. The minimum atomic E-state index is 0.00159. The molecule has 6 rings (SSSR count). The summed E-state index contributed by atoms with van der Waals surface area (Å²) in [5.74, 6) is 2.93. The lowest BCUT2D eigenvalue weighted by Gasteiger charge is -2.55. The fourth-order valence-electron chi connectivity index (χ4n) is 6.66. The average Bonchev–Trinajstić information content (AvgIpc) is 3.01. The van der Waals surface area contributed by atoms with E-state index in [1.54, 1.807) is 0 Å². The quantitative estimate of drug-likeness (QED) is 0.910. The molecule has 4 bridgehead atoms. The number of hydrogen-bond donors (Lipinski definition) is 1. The fraction of sp³-hybridized carbons (Fsp3) is 0.682. The maximum absolute atomic E-state index is 13.2. The molecule has 1 N–H and O–H groups in total. The topological polar surface area (TPSA) is 32.3 Å². The van der Waals surface area contributed by atoms with Crippen molar-refractivity contribution in [3.05, 3.63) is 35.9 Å². The summed E-state index contributed by atoms with van der Waals surface area (Å²) in [7, 11) is 0. The van der Waals surface area contributed by atoms with Crippen molar-refractivity contribution in [3.8, 4) is 0 Å². The first kappa shape index (κ1) is 15.9. The van der Waals surface area contributed by atoms with E-state index in [0.717, 1.165) is 43.8 Å². The van der Waals surface area contributed by atoms with Crippen LogP contribution in [0.4, 0.5) is 0 Å². The monoisotopic (exact) mass is 338 g/mol. The van der Waals surface area contributed by atoms with E-state index in [-0.39, 0.29) is 5.41 Å². The molecule has 0 aromatic heterocycles. The lowest BCUT2D eigenvalue weighted by Crippen LogP contribution is -2.55. The van der Waals surface area contributed by atoms with Gasteiger partial charge in [0, 0.05) is 31.1 Å². The second-order valence-corrected chi connectivity index (χ2v) is 9.38. The van der Waals surface area contributed by atoms with E-state index < -0.39 is 0 Å². The Morgan fingerprint density at radius 2 is 1.68 bits per heavy atom. The average molecular weight is 338 g/mol. The zero-order valence-electron chi connectivity index (χ0n) is 15.1. The molecule has 1 aliphatic heterocycles. The van der Waals surface area contributed by atoms with Gasteiger partial charge >= 0.3 is 0 Å². The highest BCUT2D eigenvalue weighted by atomic mass is 16.2. The van der Waals surface area contributed by atoms with Gasteiger partial charge in [0.1, 0.15) is 0 Å². The predicted molar refractivity (Wildman–Crippen MR) is 98.9 cm³/mol. The Balaban J connectivity index is 1.19. The summed E-state index contributed by atoms with van der Waals surface area (Å²) in [5, 5.41) is 3.47. The zero-order valence-corrected chi connectivity index (χ0v) is 15.1. The van der Waals surface area contributed by atoms with Crippen molar-refractivity contribution < 1.29 is 4.79 Å². The highest BCUT2D eigenvalue weighted by Gasteiger charge is 2.54. The van der Waals surface area contributed by atoms with Gasteiger partial charge in [-0.3, -0.25) is 9.69 Å². The molecule has 3 nitrogen and oxygen atoms in total. The third-order valence-electron chi connectivity index (χ3n) is 7.38. The van der Waals surface area contributed by atoms with E-state index in [2.05, 4.69) is 40.5 Å². The molecule has 0 unspecified atom stereocenters. The molecule has 1 aromatic rings. The molecule has 1 amide bonds. The van der Waals surface area contributed by atoms with Crippen molar-refractivity contribution in [1.82, 2.24) is 10.2 Å². The van der Waals surface area contributed by atoms with Gasteiger partial charge in [0.15, 0.2) is 0 Å². The van der Waals surface area contributed by atoms with Crippen molar-refractivity contribution in [2.75, 3.05) is 13.1 Å². The smallest absolute Gasteiger partial charge is 0.226 e. The highest BCUT2D eigenvalue weighted by Crippen LogP contribution is 2.60. The molecule has 1 aromatic carbocycles. The van der Waals surface area contributed by atoms with Gasteiger partial charge in [0.2, 0.25) is 5.91 Å². The van der Waals surface area contributed by atoms with Gasteiger partial charge in [-0.15, -0.1) is 0 Å². The third kappa shape index (κ3) is 3.01. The Kier molecular flexibility index (Phi) is 3.89. The second-order valence-electron chi connectivity index (χ2n) is 9.38. The van der Waals surface area contributed by atoms with Crippen molar-refractivity contribution >= 4 is 5.91 Å². The number of benzene rings is 1. The molecule has 1 atom stereocenters. The van der Waals surface area contributed by atoms with Crippen molar-refractivity contribution in [2.24, 2.45) is 23.2 Å². The molecule has 4 aliphatic carbocycles. The Labute approximate surface area is 151 Å². The van der Waals surface area contributed by atoms with Crippen LogP contribution in [0.1, 0.15) is 50.5 Å². The Morgan fingerprint density at radius 1 is 1.04 bits per heavy atom. The summed E-state index contributed by atoms with van der Waals surface area (Å²) >= 11 is 0. The fourth-order valence-corrected chi connectivity index (χ4v) is 6.66. The van der Waals surface area contributed by atoms with Gasteiger partial charge in [-0.25, -0.2) is 0 Å². The molecule has 25 heavy (non-hydrogen) atoms. The van der Waals surface area contributed by atoms with Crippen LogP contribution in [0.2, 0.25) is 0 Å². The Morgan fingerprint density at radius 3 is 2.32 bits per heavy atom. The number of likely N-dealkylation sites (tertiary alicyclic amines) is 1. The number of carbonyl (C=O) groups excluding carboxylic acids is 1. The molecule has 1 heterocycles. The zero-order chi connectivity index (χ0) is 16.9. The van der Waals surface area contributed by atoms with Gasteiger partial charge in [0.25, 0.3) is 0 Å². The van der Waals surface area contributed by atoms with Crippen LogP contribution in [-0.2, 0) is 11.3 Å². The van der Waals surface area contributed by atoms with E-state index in [4.69, 9.17) is 0 Å². The van der Waals surface area contributed by atoms with Gasteiger partial charge in [0.05, 0.1) is 0 Å². The molecule has 134 valence electrons. The normalized spacial score (nSPS) is 39.7. The van der Waals surface area contributed by atoms with Crippen molar-refractivity contribution in [2.45, 2.75) is 57.5 Å². The highest BCUT2D eigenvalue weighted by molar-refractivity contribution is 5.83. The van der Waals surface area contributed by atoms with Crippen molar-refractivity contribution in [3.63, 3.8) is 0 Å². The van der Waals surface area contributed by atoms with E-state index >= 15 is 0 Å². The molecule has 1 saturated heterocycles. The Hall–Kier alpha value is -1.35. The number of hydrogen-bond acceptors (Lipinski definition) is 2. The van der Waals surface area contributed by atoms with Gasteiger partial charge < -0.3 is 5.32 Å². The first-order valence-corrected chi connectivity index (χ1v) is 10.3. The molecule has 5 aliphatic rings.